The van der Waals surface area contributed by atoms with E-state index in [4.69, 9.17) is 4.74 Å². The zero-order valence-electron chi connectivity index (χ0n) is 16.0. The van der Waals surface area contributed by atoms with E-state index >= 15 is 0 Å². The van der Waals surface area contributed by atoms with Crippen molar-refractivity contribution in [1.29, 1.82) is 0 Å². The molecular weight excluding hydrogens is 375 g/mol. The van der Waals surface area contributed by atoms with Crippen LogP contribution >= 0.6 is 0 Å². The van der Waals surface area contributed by atoms with Gasteiger partial charge in [0.2, 0.25) is 5.88 Å². The quantitative estimate of drug-likeness (QED) is 0.728. The Morgan fingerprint density at radius 2 is 1.93 bits per heavy atom. The van der Waals surface area contributed by atoms with Crippen molar-refractivity contribution in [2.24, 2.45) is 7.05 Å². The largest absolute Gasteiger partial charge is 0.507 e. The van der Waals surface area contributed by atoms with Crippen molar-refractivity contribution in [3.8, 4) is 34.1 Å². The van der Waals surface area contributed by atoms with Gasteiger partial charge in [0.1, 0.15) is 18.0 Å². The second kappa shape index (κ2) is 7.98. The first-order valence-electron chi connectivity index (χ1n) is 9.52. The van der Waals surface area contributed by atoms with Gasteiger partial charge in [0, 0.05) is 30.3 Å². The molecule has 0 spiro atoms. The fourth-order valence-corrected chi connectivity index (χ4v) is 3.39. The summed E-state index contributed by atoms with van der Waals surface area (Å²) in [5, 5.41) is 18.6. The highest BCUT2D eigenvalue weighted by molar-refractivity contribution is 5.72. The zero-order chi connectivity index (χ0) is 20.4. The van der Waals surface area contributed by atoms with Gasteiger partial charge >= 0.3 is 0 Å². The average molecular weight is 396 g/mol. The highest BCUT2D eigenvalue weighted by atomic mass is 19.1. The van der Waals surface area contributed by atoms with Crippen molar-refractivity contribution >= 4 is 0 Å². The molecule has 0 radical (unpaired) electrons. The molecule has 2 heterocycles. The molecule has 7 nitrogen and oxygen atoms in total. The minimum absolute atomic E-state index is 0.0101. The van der Waals surface area contributed by atoms with Gasteiger partial charge in [-0.2, -0.15) is 0 Å². The van der Waals surface area contributed by atoms with Crippen LogP contribution in [0.5, 0.6) is 11.6 Å². The third-order valence-corrected chi connectivity index (χ3v) is 5.08. The molecule has 8 heteroatoms. The zero-order valence-corrected chi connectivity index (χ0v) is 16.0. The van der Waals surface area contributed by atoms with E-state index in [1.807, 2.05) is 0 Å². The summed E-state index contributed by atoms with van der Waals surface area (Å²) in [7, 11) is 1.62. The molecule has 2 aromatic heterocycles. The van der Waals surface area contributed by atoms with Gasteiger partial charge in [-0.1, -0.05) is 12.5 Å². The molecule has 0 aliphatic heterocycles. The first-order valence-corrected chi connectivity index (χ1v) is 9.52. The van der Waals surface area contributed by atoms with E-state index in [9.17, 15) is 14.3 Å². The third kappa shape index (κ3) is 4.11. The molecule has 3 aromatic rings. The third-order valence-electron chi connectivity index (χ3n) is 5.08. The molecule has 0 amide bonds. The maximum atomic E-state index is 13.9. The van der Waals surface area contributed by atoms with Crippen molar-refractivity contribution in [3.63, 3.8) is 0 Å². The molecule has 0 unspecified atom stereocenters. The number of ether oxygens (including phenoxy) is 1. The summed E-state index contributed by atoms with van der Waals surface area (Å²) in [4.78, 5) is 16.0. The Hall–Kier alpha value is -3.29. The fourth-order valence-electron chi connectivity index (χ4n) is 3.39. The minimum Gasteiger partial charge on any atom is -0.507 e. The highest BCUT2D eigenvalue weighted by Crippen LogP contribution is 2.32. The van der Waals surface area contributed by atoms with Crippen LogP contribution in [0.25, 0.3) is 22.5 Å². The Balaban J connectivity index is 1.53. The summed E-state index contributed by atoms with van der Waals surface area (Å²) in [5.74, 6) is 0.257. The predicted octanol–water partition coefficient (Wildman–Crippen LogP) is 3.27. The summed E-state index contributed by atoms with van der Waals surface area (Å²) < 4.78 is 20.9. The summed E-state index contributed by atoms with van der Waals surface area (Å²) >= 11 is 0. The van der Waals surface area contributed by atoms with E-state index in [1.54, 1.807) is 31.3 Å². The van der Waals surface area contributed by atoms with Gasteiger partial charge < -0.3 is 14.4 Å². The number of alkyl halides is 1. The lowest BCUT2D eigenvalue weighted by atomic mass is 9.96. The van der Waals surface area contributed by atoms with Crippen LogP contribution in [-0.2, 0) is 7.05 Å². The number of phenolic OH excluding ortho intramolecular Hbond substituents is 1. The molecule has 1 aromatic carbocycles. The first-order chi connectivity index (χ1) is 14.0. The maximum Gasteiger partial charge on any atom is 0.253 e. The Kier molecular flexibility index (Phi) is 5.24. The van der Waals surface area contributed by atoms with Crippen LogP contribution < -0.4 is 10.3 Å². The number of aromatic nitrogens is 4. The van der Waals surface area contributed by atoms with E-state index in [0.29, 0.717) is 35.4 Å². The second-order valence-electron chi connectivity index (χ2n) is 7.17. The SMILES string of the molecule is Cn1cnc(-c2ccc(-c3ccc(O[C@@H]4CCCC[C@@H]4F)nn3)c(O)c2)cc1=O. The number of nitrogens with zero attached hydrogens (tertiary/aromatic N) is 4. The molecule has 1 aliphatic carbocycles. The number of rotatable bonds is 4. The topological polar surface area (TPSA) is 90.1 Å². The minimum atomic E-state index is -0.981. The average Bonchev–Trinajstić information content (AvgIpc) is 2.72. The number of benzene rings is 1. The van der Waals surface area contributed by atoms with E-state index in [0.717, 1.165) is 12.8 Å². The van der Waals surface area contributed by atoms with Crippen LogP contribution in [0, 0.1) is 0 Å². The van der Waals surface area contributed by atoms with Crippen molar-refractivity contribution in [3.05, 3.63) is 53.1 Å². The molecule has 1 aliphatic rings. The van der Waals surface area contributed by atoms with E-state index in [1.165, 1.54) is 23.0 Å². The number of aryl methyl sites for hydroxylation is 1. The molecule has 0 saturated heterocycles. The van der Waals surface area contributed by atoms with Crippen LogP contribution in [0.15, 0.2) is 47.5 Å². The van der Waals surface area contributed by atoms with Crippen LogP contribution in [-0.4, -0.2) is 37.1 Å². The van der Waals surface area contributed by atoms with Gasteiger partial charge in [-0.3, -0.25) is 4.79 Å². The lowest BCUT2D eigenvalue weighted by molar-refractivity contribution is 0.0594. The van der Waals surface area contributed by atoms with E-state index in [2.05, 4.69) is 15.2 Å². The van der Waals surface area contributed by atoms with Crippen LogP contribution in [0.4, 0.5) is 4.39 Å². The summed E-state index contributed by atoms with van der Waals surface area (Å²) in [6, 6.07) is 9.66. The molecule has 29 heavy (non-hydrogen) atoms. The molecule has 4 rings (SSSR count). The lowest BCUT2D eigenvalue weighted by Gasteiger charge is -2.25. The fraction of sp³-hybridized carbons (Fsp3) is 0.333. The number of halogens is 1. The molecule has 0 bridgehead atoms. The van der Waals surface area contributed by atoms with Crippen LogP contribution in [0.2, 0.25) is 0 Å². The number of aromatic hydroxyl groups is 1. The highest BCUT2D eigenvalue weighted by Gasteiger charge is 2.26. The monoisotopic (exact) mass is 396 g/mol. The molecule has 1 saturated carbocycles. The summed E-state index contributed by atoms with van der Waals surface area (Å²) in [6.07, 6.45) is 2.98. The van der Waals surface area contributed by atoms with Gasteiger partial charge in [-0.25, -0.2) is 9.37 Å². The van der Waals surface area contributed by atoms with Crippen molar-refractivity contribution in [2.45, 2.75) is 38.0 Å². The summed E-state index contributed by atoms with van der Waals surface area (Å²) in [5.41, 5.74) is 1.84. The first kappa shape index (κ1) is 19.0. The normalized spacial score (nSPS) is 19.1. The second-order valence-corrected chi connectivity index (χ2v) is 7.17. The Morgan fingerprint density at radius 3 is 2.62 bits per heavy atom. The van der Waals surface area contributed by atoms with Crippen molar-refractivity contribution < 1.29 is 14.2 Å². The smallest absolute Gasteiger partial charge is 0.253 e. The Labute approximate surface area is 166 Å². The molecule has 1 fully saturated rings. The Morgan fingerprint density at radius 1 is 1.10 bits per heavy atom. The molecular formula is C21H21FN4O3. The number of phenols is 1. The van der Waals surface area contributed by atoms with E-state index in [-0.39, 0.29) is 17.2 Å². The van der Waals surface area contributed by atoms with E-state index < -0.39 is 12.3 Å². The van der Waals surface area contributed by atoms with Gasteiger partial charge in [0.25, 0.3) is 5.56 Å². The van der Waals surface area contributed by atoms with Gasteiger partial charge in [0.15, 0.2) is 0 Å². The number of hydrogen-bond acceptors (Lipinski definition) is 6. The van der Waals surface area contributed by atoms with Crippen molar-refractivity contribution in [2.75, 3.05) is 0 Å². The molecule has 1 N–H and O–H groups in total. The number of hydrogen-bond donors (Lipinski definition) is 1. The predicted molar refractivity (Wildman–Crippen MR) is 105 cm³/mol. The van der Waals surface area contributed by atoms with Gasteiger partial charge in [0.05, 0.1) is 17.7 Å². The van der Waals surface area contributed by atoms with Gasteiger partial charge in [-0.15, -0.1) is 10.2 Å². The molecule has 2 atom stereocenters. The lowest BCUT2D eigenvalue weighted by Crippen LogP contribution is -2.32. The maximum absolute atomic E-state index is 13.9. The van der Waals surface area contributed by atoms with Gasteiger partial charge in [-0.05, 0) is 37.5 Å². The standard InChI is InChI=1S/C21H21FN4O3/c1-26-12-23-17(11-21(26)28)13-6-7-14(18(27)10-13)16-8-9-20(25-24-16)29-19-5-3-2-4-15(19)22/h6-12,15,19,27H,2-5H2,1H3/t15-,19+/m0/s1. The van der Waals surface area contributed by atoms with Crippen LogP contribution in [0.3, 0.4) is 0 Å². The van der Waals surface area contributed by atoms with Crippen molar-refractivity contribution in [1.82, 2.24) is 19.7 Å². The molecule has 150 valence electrons. The van der Waals surface area contributed by atoms with Crippen LogP contribution in [0.1, 0.15) is 25.7 Å². The Bertz CT molecular complexity index is 1070. The summed E-state index contributed by atoms with van der Waals surface area (Å²) in [6.45, 7) is 0.